The normalized spacial score (nSPS) is 17.4. The summed E-state index contributed by atoms with van der Waals surface area (Å²) in [6.07, 6.45) is 0.0349. The molecule has 3 aromatic rings. The van der Waals surface area contributed by atoms with Crippen LogP contribution < -0.4 is 10.2 Å². The standard InChI is InChI=1S/C23H18ClN3O2S/c24-16-8-7-11-18(14-16)25-21(28)15-20-22(29)27(19-12-5-2-6-13-19)23(30-20)26-17-9-3-1-4-10-17/h1-14,20H,15H2,(H,25,28). The summed E-state index contributed by atoms with van der Waals surface area (Å²) in [5, 5.41) is 3.33. The van der Waals surface area contributed by atoms with Crippen molar-refractivity contribution in [2.45, 2.75) is 11.7 Å². The fraction of sp³-hybridized carbons (Fsp3) is 0.0870. The number of hydrogen-bond donors (Lipinski definition) is 1. The number of amides is 2. The van der Waals surface area contributed by atoms with Crippen LogP contribution in [-0.2, 0) is 9.59 Å². The van der Waals surface area contributed by atoms with Gasteiger partial charge in [-0.15, -0.1) is 0 Å². The number of carbonyl (C=O) groups is 2. The molecule has 150 valence electrons. The number of hydrogen-bond acceptors (Lipinski definition) is 4. The molecule has 1 aliphatic rings. The highest BCUT2D eigenvalue weighted by atomic mass is 35.5. The molecule has 2 amide bonds. The Morgan fingerprint density at radius 2 is 1.70 bits per heavy atom. The van der Waals surface area contributed by atoms with Crippen molar-refractivity contribution in [3.8, 4) is 0 Å². The predicted octanol–water partition coefficient (Wildman–Crippen LogP) is 5.50. The summed E-state index contributed by atoms with van der Waals surface area (Å²) in [5.74, 6) is -0.417. The van der Waals surface area contributed by atoms with Crippen molar-refractivity contribution in [3.05, 3.63) is 90.0 Å². The van der Waals surface area contributed by atoms with Crippen LogP contribution in [0.3, 0.4) is 0 Å². The summed E-state index contributed by atoms with van der Waals surface area (Å²) in [4.78, 5) is 32.0. The molecule has 1 N–H and O–H groups in total. The van der Waals surface area contributed by atoms with E-state index >= 15 is 0 Å². The van der Waals surface area contributed by atoms with Gasteiger partial charge in [0.1, 0.15) is 5.25 Å². The molecule has 5 nitrogen and oxygen atoms in total. The molecule has 7 heteroatoms. The van der Waals surface area contributed by atoms with E-state index in [-0.39, 0.29) is 18.2 Å². The molecule has 0 aliphatic carbocycles. The summed E-state index contributed by atoms with van der Waals surface area (Å²) >= 11 is 7.27. The van der Waals surface area contributed by atoms with Crippen LogP contribution in [-0.4, -0.2) is 22.2 Å². The maximum Gasteiger partial charge on any atom is 0.247 e. The van der Waals surface area contributed by atoms with Gasteiger partial charge in [-0.25, -0.2) is 4.99 Å². The van der Waals surface area contributed by atoms with E-state index in [2.05, 4.69) is 10.3 Å². The Morgan fingerprint density at radius 1 is 1.00 bits per heavy atom. The number of carbonyl (C=O) groups excluding carboxylic acids is 2. The first-order valence-electron chi connectivity index (χ1n) is 9.35. The van der Waals surface area contributed by atoms with E-state index in [9.17, 15) is 9.59 Å². The number of amidine groups is 1. The molecule has 0 bridgehead atoms. The second-order valence-corrected chi connectivity index (χ2v) is 8.21. The zero-order chi connectivity index (χ0) is 20.9. The Bertz CT molecular complexity index is 1090. The van der Waals surface area contributed by atoms with Gasteiger partial charge in [0, 0.05) is 17.1 Å². The topological polar surface area (TPSA) is 61.8 Å². The molecule has 30 heavy (non-hydrogen) atoms. The first kappa shape index (κ1) is 20.2. The van der Waals surface area contributed by atoms with Crippen LogP contribution in [0.15, 0.2) is 89.9 Å². The molecule has 4 rings (SSSR count). The maximum absolute atomic E-state index is 13.2. The van der Waals surface area contributed by atoms with Crippen LogP contribution >= 0.6 is 23.4 Å². The van der Waals surface area contributed by atoms with E-state index in [4.69, 9.17) is 11.6 Å². The number of nitrogens with zero attached hydrogens (tertiary/aromatic N) is 2. The third kappa shape index (κ3) is 4.72. The second-order valence-electron chi connectivity index (χ2n) is 6.61. The SMILES string of the molecule is O=C(CC1SC(=Nc2ccccc2)N(c2ccccc2)C1=O)Nc1cccc(Cl)c1. The summed E-state index contributed by atoms with van der Waals surface area (Å²) in [6, 6.07) is 25.7. The van der Waals surface area contributed by atoms with Gasteiger partial charge in [0.25, 0.3) is 0 Å². The van der Waals surface area contributed by atoms with Gasteiger partial charge in [-0.05, 0) is 42.5 Å². The zero-order valence-electron chi connectivity index (χ0n) is 15.9. The highest BCUT2D eigenvalue weighted by molar-refractivity contribution is 8.16. The highest BCUT2D eigenvalue weighted by Crippen LogP contribution is 2.35. The summed E-state index contributed by atoms with van der Waals surface area (Å²) in [5.41, 5.74) is 2.07. The molecule has 1 atom stereocenters. The largest absolute Gasteiger partial charge is 0.326 e. The van der Waals surface area contributed by atoms with E-state index in [1.165, 1.54) is 11.8 Å². The third-order valence-electron chi connectivity index (χ3n) is 4.41. The van der Waals surface area contributed by atoms with Gasteiger partial charge in [-0.3, -0.25) is 14.5 Å². The van der Waals surface area contributed by atoms with Gasteiger partial charge in [0.05, 0.1) is 11.4 Å². The molecule has 1 aliphatic heterocycles. The Morgan fingerprint density at radius 3 is 2.40 bits per heavy atom. The first-order chi connectivity index (χ1) is 14.6. The van der Waals surface area contributed by atoms with E-state index in [0.29, 0.717) is 15.9 Å². The number of anilines is 2. The average Bonchev–Trinajstić information content (AvgIpc) is 3.04. The van der Waals surface area contributed by atoms with Crippen molar-refractivity contribution >= 4 is 57.4 Å². The van der Waals surface area contributed by atoms with Crippen molar-refractivity contribution < 1.29 is 9.59 Å². The molecule has 0 spiro atoms. The minimum Gasteiger partial charge on any atom is -0.326 e. The van der Waals surface area contributed by atoms with Gasteiger partial charge in [0.15, 0.2) is 5.17 Å². The van der Waals surface area contributed by atoms with Gasteiger partial charge < -0.3 is 5.32 Å². The molecular formula is C23H18ClN3O2S. The fourth-order valence-corrected chi connectivity index (χ4v) is 4.39. The number of thioether (sulfide) groups is 1. The molecule has 0 aromatic heterocycles. The molecule has 1 fully saturated rings. The monoisotopic (exact) mass is 435 g/mol. The Kier molecular flexibility index (Phi) is 6.16. The predicted molar refractivity (Wildman–Crippen MR) is 124 cm³/mol. The molecular weight excluding hydrogens is 418 g/mol. The Labute approximate surface area is 183 Å². The van der Waals surface area contributed by atoms with Crippen molar-refractivity contribution in [3.63, 3.8) is 0 Å². The van der Waals surface area contributed by atoms with Gasteiger partial charge in [0.2, 0.25) is 11.8 Å². The smallest absolute Gasteiger partial charge is 0.247 e. The van der Waals surface area contributed by atoms with Crippen molar-refractivity contribution in [1.82, 2.24) is 0 Å². The van der Waals surface area contributed by atoms with Crippen LogP contribution in [0.25, 0.3) is 0 Å². The minimum absolute atomic E-state index is 0.0349. The summed E-state index contributed by atoms with van der Waals surface area (Å²) in [6.45, 7) is 0. The summed E-state index contributed by atoms with van der Waals surface area (Å²) in [7, 11) is 0. The van der Waals surface area contributed by atoms with E-state index in [1.807, 2.05) is 60.7 Å². The van der Waals surface area contributed by atoms with Crippen molar-refractivity contribution in [1.29, 1.82) is 0 Å². The lowest BCUT2D eigenvalue weighted by atomic mass is 10.2. The van der Waals surface area contributed by atoms with E-state index in [0.717, 1.165) is 11.4 Å². The van der Waals surface area contributed by atoms with E-state index < -0.39 is 5.25 Å². The number of halogens is 1. The second kappa shape index (κ2) is 9.15. The van der Waals surface area contributed by atoms with Crippen LogP contribution in [0.4, 0.5) is 17.1 Å². The quantitative estimate of drug-likeness (QED) is 0.575. The average molecular weight is 436 g/mol. The van der Waals surface area contributed by atoms with Crippen molar-refractivity contribution in [2.24, 2.45) is 4.99 Å². The zero-order valence-corrected chi connectivity index (χ0v) is 17.4. The van der Waals surface area contributed by atoms with Crippen molar-refractivity contribution in [2.75, 3.05) is 10.2 Å². The number of para-hydroxylation sites is 2. The van der Waals surface area contributed by atoms with Crippen LogP contribution in [0.5, 0.6) is 0 Å². The number of nitrogens with one attached hydrogen (secondary N) is 1. The number of benzene rings is 3. The Balaban J connectivity index is 1.56. The van der Waals surface area contributed by atoms with Gasteiger partial charge in [-0.1, -0.05) is 65.8 Å². The molecule has 0 saturated carbocycles. The van der Waals surface area contributed by atoms with Gasteiger partial charge in [-0.2, -0.15) is 0 Å². The van der Waals surface area contributed by atoms with E-state index in [1.54, 1.807) is 29.2 Å². The molecule has 1 unspecified atom stereocenters. The lowest BCUT2D eigenvalue weighted by Gasteiger charge is -2.16. The lowest BCUT2D eigenvalue weighted by molar-refractivity contribution is -0.121. The molecule has 0 radical (unpaired) electrons. The Hall–Kier alpha value is -3.09. The van der Waals surface area contributed by atoms with Crippen LogP contribution in [0.1, 0.15) is 6.42 Å². The lowest BCUT2D eigenvalue weighted by Crippen LogP contribution is -2.33. The van der Waals surface area contributed by atoms with Gasteiger partial charge >= 0.3 is 0 Å². The van der Waals surface area contributed by atoms with Crippen LogP contribution in [0, 0.1) is 0 Å². The van der Waals surface area contributed by atoms with Crippen LogP contribution in [0.2, 0.25) is 5.02 Å². The molecule has 1 heterocycles. The number of rotatable bonds is 5. The summed E-state index contributed by atoms with van der Waals surface area (Å²) < 4.78 is 0. The third-order valence-corrected chi connectivity index (χ3v) is 5.78. The fourth-order valence-electron chi connectivity index (χ4n) is 3.05. The number of aliphatic imine (C=N–C) groups is 1. The minimum atomic E-state index is -0.563. The molecule has 3 aromatic carbocycles. The maximum atomic E-state index is 13.2. The molecule has 1 saturated heterocycles. The first-order valence-corrected chi connectivity index (χ1v) is 10.6. The highest BCUT2D eigenvalue weighted by Gasteiger charge is 2.40.